The molecule has 2 nitrogen and oxygen atoms in total. The molecule has 0 spiro atoms. The third-order valence-corrected chi connectivity index (χ3v) is 5.98. The van der Waals surface area contributed by atoms with Crippen molar-refractivity contribution in [3.63, 3.8) is 0 Å². The Balaban J connectivity index is 1.81. The molecular formula is C27H39F3N2. The summed E-state index contributed by atoms with van der Waals surface area (Å²) in [5.41, 5.74) is 1.47. The first kappa shape index (κ1) is 26.3. The van der Waals surface area contributed by atoms with Gasteiger partial charge in [0, 0.05) is 12.4 Å². The van der Waals surface area contributed by atoms with Gasteiger partial charge in [-0.25, -0.2) is 23.1 Å². The number of hydrogen-bond acceptors (Lipinski definition) is 2. The predicted molar refractivity (Wildman–Crippen MR) is 126 cm³/mol. The van der Waals surface area contributed by atoms with Crippen LogP contribution in [-0.4, -0.2) is 16.1 Å². The average Bonchev–Trinajstić information content (AvgIpc) is 2.78. The van der Waals surface area contributed by atoms with E-state index in [0.717, 1.165) is 31.2 Å². The van der Waals surface area contributed by atoms with Crippen molar-refractivity contribution in [2.45, 2.75) is 110 Å². The molecule has 0 radical (unpaired) electrons. The summed E-state index contributed by atoms with van der Waals surface area (Å²) in [6.45, 7) is 3.77. The summed E-state index contributed by atoms with van der Waals surface area (Å²) in [6, 6.07) is 3.17. The Bertz CT molecular complexity index is 775. The van der Waals surface area contributed by atoms with Crippen molar-refractivity contribution in [3.05, 3.63) is 47.3 Å². The van der Waals surface area contributed by atoms with E-state index in [9.17, 15) is 13.2 Å². The topological polar surface area (TPSA) is 25.8 Å². The molecule has 0 saturated heterocycles. The van der Waals surface area contributed by atoms with Crippen LogP contribution in [0, 0.1) is 11.6 Å². The zero-order valence-electron chi connectivity index (χ0n) is 19.8. The van der Waals surface area contributed by atoms with Crippen molar-refractivity contribution in [2.24, 2.45) is 0 Å². The molecule has 0 fully saturated rings. The fourth-order valence-corrected chi connectivity index (χ4v) is 3.96. The summed E-state index contributed by atoms with van der Waals surface area (Å²) in [6.07, 6.45) is 16.9. The van der Waals surface area contributed by atoms with Crippen LogP contribution in [0.1, 0.15) is 102 Å². The molecule has 1 aromatic carbocycles. The second kappa shape index (κ2) is 15.0. The largest absolute Gasteiger partial charge is 0.248 e. The van der Waals surface area contributed by atoms with E-state index < -0.39 is 17.8 Å². The minimum atomic E-state index is -0.893. The van der Waals surface area contributed by atoms with Crippen LogP contribution in [0.4, 0.5) is 13.2 Å². The molecule has 1 heterocycles. The number of rotatable bonds is 16. The van der Waals surface area contributed by atoms with E-state index in [2.05, 4.69) is 16.9 Å². The van der Waals surface area contributed by atoms with E-state index in [1.54, 1.807) is 31.5 Å². The molecule has 5 heteroatoms. The Hall–Kier alpha value is -1.91. The smallest absolute Gasteiger partial charge is 0.170 e. The Morgan fingerprint density at radius 3 is 2.00 bits per heavy atom. The molecule has 1 aromatic heterocycles. The molecule has 1 unspecified atom stereocenters. The Labute approximate surface area is 192 Å². The molecule has 0 saturated carbocycles. The van der Waals surface area contributed by atoms with E-state index in [1.165, 1.54) is 44.9 Å². The maximum Gasteiger partial charge on any atom is 0.170 e. The highest BCUT2D eigenvalue weighted by Gasteiger charge is 2.16. The Kier molecular flexibility index (Phi) is 12.4. The van der Waals surface area contributed by atoms with Crippen molar-refractivity contribution < 1.29 is 13.2 Å². The van der Waals surface area contributed by atoms with Gasteiger partial charge in [0.25, 0.3) is 0 Å². The lowest BCUT2D eigenvalue weighted by molar-refractivity contribution is 0.330. The highest BCUT2D eigenvalue weighted by molar-refractivity contribution is 5.56. The summed E-state index contributed by atoms with van der Waals surface area (Å²) in [7, 11) is 0. The van der Waals surface area contributed by atoms with Crippen LogP contribution in [0.5, 0.6) is 0 Å². The predicted octanol–water partition coefficient (Wildman–Crippen LogP) is 8.57. The van der Waals surface area contributed by atoms with Gasteiger partial charge in [0.15, 0.2) is 17.5 Å². The first-order valence-corrected chi connectivity index (χ1v) is 12.4. The molecule has 0 aliphatic carbocycles. The number of unbranched alkanes of at least 4 members (excludes halogenated alkanes) is 9. The number of hydrogen-bond donors (Lipinski definition) is 0. The summed E-state index contributed by atoms with van der Waals surface area (Å²) < 4.78 is 42.0. The SMILES string of the molecule is CCCCCCCCCCc1cnc(-c2ccc(CCCCCC(C)F)c(F)c2F)nc1. The van der Waals surface area contributed by atoms with Crippen LogP contribution in [-0.2, 0) is 12.8 Å². The van der Waals surface area contributed by atoms with Crippen LogP contribution < -0.4 is 0 Å². The molecule has 0 amide bonds. The van der Waals surface area contributed by atoms with Gasteiger partial charge in [-0.3, -0.25) is 0 Å². The van der Waals surface area contributed by atoms with E-state index in [-0.39, 0.29) is 11.4 Å². The maximum absolute atomic E-state index is 14.6. The molecule has 0 bridgehead atoms. The van der Waals surface area contributed by atoms with E-state index >= 15 is 0 Å². The third kappa shape index (κ3) is 9.30. The molecule has 178 valence electrons. The second-order valence-electron chi connectivity index (χ2n) is 8.92. The maximum atomic E-state index is 14.6. The molecule has 0 aliphatic heterocycles. The van der Waals surface area contributed by atoms with Gasteiger partial charge in [0.1, 0.15) is 0 Å². The zero-order valence-corrected chi connectivity index (χ0v) is 19.8. The van der Waals surface area contributed by atoms with Crippen molar-refractivity contribution in [1.82, 2.24) is 9.97 Å². The van der Waals surface area contributed by atoms with Crippen LogP contribution in [0.2, 0.25) is 0 Å². The van der Waals surface area contributed by atoms with Crippen molar-refractivity contribution in [2.75, 3.05) is 0 Å². The van der Waals surface area contributed by atoms with Crippen molar-refractivity contribution in [1.29, 1.82) is 0 Å². The number of aromatic nitrogens is 2. The molecule has 1 atom stereocenters. The third-order valence-electron chi connectivity index (χ3n) is 5.98. The van der Waals surface area contributed by atoms with Crippen LogP contribution >= 0.6 is 0 Å². The number of nitrogens with zero attached hydrogens (tertiary/aromatic N) is 2. The van der Waals surface area contributed by atoms with Gasteiger partial charge in [-0.15, -0.1) is 0 Å². The monoisotopic (exact) mass is 448 g/mol. The fraction of sp³-hybridized carbons (Fsp3) is 0.630. The van der Waals surface area contributed by atoms with Crippen LogP contribution in [0.15, 0.2) is 24.5 Å². The van der Waals surface area contributed by atoms with Gasteiger partial charge in [-0.2, -0.15) is 0 Å². The number of halogens is 3. The first-order chi connectivity index (χ1) is 15.5. The minimum absolute atomic E-state index is 0.0936. The van der Waals surface area contributed by atoms with Crippen molar-refractivity contribution in [3.8, 4) is 11.4 Å². The Morgan fingerprint density at radius 1 is 0.750 bits per heavy atom. The quantitative estimate of drug-likeness (QED) is 0.240. The lowest BCUT2D eigenvalue weighted by atomic mass is 10.0. The van der Waals surface area contributed by atoms with E-state index in [1.807, 2.05) is 0 Å². The van der Waals surface area contributed by atoms with Gasteiger partial charge in [0.2, 0.25) is 0 Å². The molecule has 2 aromatic rings. The van der Waals surface area contributed by atoms with Crippen LogP contribution in [0.3, 0.4) is 0 Å². The minimum Gasteiger partial charge on any atom is -0.248 e. The standard InChI is InChI=1S/C27H39F3N2/c1-3-4-5-6-7-8-9-12-15-22-19-31-27(32-20-22)24-18-17-23(25(29)26(24)30)16-13-10-11-14-21(2)28/h17-21H,3-16H2,1-2H3. The lowest BCUT2D eigenvalue weighted by Gasteiger charge is -2.09. The summed E-state index contributed by atoms with van der Waals surface area (Å²) in [5.74, 6) is -1.51. The van der Waals surface area contributed by atoms with Gasteiger partial charge >= 0.3 is 0 Å². The zero-order chi connectivity index (χ0) is 23.2. The molecular weight excluding hydrogens is 409 g/mol. The lowest BCUT2D eigenvalue weighted by Crippen LogP contribution is -2.01. The fourth-order valence-electron chi connectivity index (χ4n) is 3.96. The normalized spacial score (nSPS) is 12.3. The van der Waals surface area contributed by atoms with Gasteiger partial charge in [-0.1, -0.05) is 70.8 Å². The second-order valence-corrected chi connectivity index (χ2v) is 8.92. The molecule has 0 aliphatic rings. The highest BCUT2D eigenvalue weighted by atomic mass is 19.2. The summed E-state index contributed by atoms with van der Waals surface area (Å²) in [4.78, 5) is 8.56. The first-order valence-electron chi connectivity index (χ1n) is 12.4. The molecule has 32 heavy (non-hydrogen) atoms. The molecule has 2 rings (SSSR count). The van der Waals surface area contributed by atoms with E-state index in [4.69, 9.17) is 0 Å². The molecule has 0 N–H and O–H groups in total. The van der Waals surface area contributed by atoms with Gasteiger partial charge < -0.3 is 0 Å². The van der Waals surface area contributed by atoms with E-state index in [0.29, 0.717) is 24.8 Å². The number of alkyl halides is 1. The highest BCUT2D eigenvalue weighted by Crippen LogP contribution is 2.25. The average molecular weight is 449 g/mol. The van der Waals surface area contributed by atoms with Crippen molar-refractivity contribution >= 4 is 0 Å². The van der Waals surface area contributed by atoms with Gasteiger partial charge in [0.05, 0.1) is 11.7 Å². The summed E-state index contributed by atoms with van der Waals surface area (Å²) >= 11 is 0. The number of aryl methyl sites for hydroxylation is 2. The summed E-state index contributed by atoms with van der Waals surface area (Å²) in [5, 5.41) is 0. The van der Waals surface area contributed by atoms with Crippen LogP contribution in [0.25, 0.3) is 11.4 Å². The van der Waals surface area contributed by atoms with Gasteiger partial charge in [-0.05, 0) is 56.2 Å². The Morgan fingerprint density at radius 2 is 1.34 bits per heavy atom. The number of benzene rings is 1.